The Morgan fingerprint density at radius 1 is 0.954 bits per heavy atom. The number of nitrogens with zero attached hydrogens (tertiary/aromatic N) is 3. The molecule has 1 aromatic heterocycles. The smallest absolute Gasteiger partial charge is 0.326 e. The van der Waals surface area contributed by atoms with Crippen LogP contribution in [0.2, 0.25) is 0 Å². The molecule has 3 aromatic carbocycles. The number of rotatable bonds is 15. The molecule has 4 aromatic rings. The van der Waals surface area contributed by atoms with Crippen molar-refractivity contribution in [2.24, 2.45) is 11.5 Å². The zero-order chi connectivity index (χ0) is 47.1. The number of aromatic nitrogens is 2. The number of carboxylic acids is 1. The summed E-state index contributed by atoms with van der Waals surface area (Å²) in [6, 6.07) is 9.78. The summed E-state index contributed by atoms with van der Waals surface area (Å²) in [4.78, 5) is 78.6. The number of aliphatic hydroxyl groups is 1. The van der Waals surface area contributed by atoms with Crippen molar-refractivity contribution >= 4 is 35.4 Å². The van der Waals surface area contributed by atoms with Gasteiger partial charge in [-0.25, -0.2) is 14.8 Å². The lowest BCUT2D eigenvalue weighted by Crippen LogP contribution is -2.54. The number of aliphatic hydroxyl groups excluding tert-OH is 1. The number of aryl methyl sites for hydroxylation is 1. The minimum atomic E-state index is -1.59. The maximum Gasteiger partial charge on any atom is 0.326 e. The molecular formula is C46H57N9O10. The van der Waals surface area contributed by atoms with E-state index in [0.717, 1.165) is 23.3 Å². The normalized spacial score (nSPS) is 18.5. The number of likely N-dealkylation sites (N-methyl/N-ethyl adjacent to an activating group) is 1. The predicted molar refractivity (Wildman–Crippen MR) is 240 cm³/mol. The first-order valence-electron chi connectivity index (χ1n) is 21.5. The monoisotopic (exact) mass is 895 g/mol. The molecule has 4 bridgehead atoms. The van der Waals surface area contributed by atoms with E-state index < -0.39 is 65.6 Å². The van der Waals surface area contributed by atoms with Gasteiger partial charge >= 0.3 is 5.97 Å². The number of fused-ring (bicyclic) bond motifs is 5. The maximum atomic E-state index is 14.5. The second kappa shape index (κ2) is 20.8. The van der Waals surface area contributed by atoms with Crippen LogP contribution in [0.1, 0.15) is 84.2 Å². The molecule has 4 amide bonds. The summed E-state index contributed by atoms with van der Waals surface area (Å²) in [5.41, 5.74) is 20.7. The van der Waals surface area contributed by atoms with Gasteiger partial charge in [-0.2, -0.15) is 0 Å². The number of phenolic OH excluding ortho intramolecular Hbond substituents is 1. The highest BCUT2D eigenvalue weighted by molar-refractivity contribution is 6.02. The number of phenols is 1. The van der Waals surface area contributed by atoms with Gasteiger partial charge in [0.15, 0.2) is 17.3 Å². The molecule has 1 fully saturated rings. The molecule has 1 saturated carbocycles. The number of carbonyl (C=O) groups excluding carboxylic acids is 4. The Balaban J connectivity index is 1.38. The number of anilines is 1. The summed E-state index contributed by atoms with van der Waals surface area (Å²) >= 11 is 0. The number of aliphatic carboxylic acids is 1. The summed E-state index contributed by atoms with van der Waals surface area (Å²) in [5.74, 6) is -4.23. The van der Waals surface area contributed by atoms with Crippen molar-refractivity contribution in [3.05, 3.63) is 82.5 Å². The third kappa shape index (κ3) is 10.9. The second-order valence-electron chi connectivity index (χ2n) is 16.5. The Morgan fingerprint density at radius 3 is 2.31 bits per heavy atom. The minimum Gasteiger partial charge on any atom is -0.504 e. The van der Waals surface area contributed by atoms with Crippen LogP contribution in [0, 0.1) is 6.92 Å². The van der Waals surface area contributed by atoms with E-state index in [4.69, 9.17) is 26.7 Å². The molecule has 0 saturated heterocycles. The van der Waals surface area contributed by atoms with Gasteiger partial charge in [0.2, 0.25) is 17.7 Å². The van der Waals surface area contributed by atoms with Crippen LogP contribution in [0.15, 0.2) is 54.6 Å². The van der Waals surface area contributed by atoms with Crippen LogP contribution in [-0.4, -0.2) is 117 Å². The summed E-state index contributed by atoms with van der Waals surface area (Å²) in [5, 5.41) is 40.0. The van der Waals surface area contributed by atoms with Crippen molar-refractivity contribution in [2.45, 2.75) is 89.1 Å². The quantitative estimate of drug-likeness (QED) is 0.0772. The molecule has 2 heterocycles. The van der Waals surface area contributed by atoms with E-state index in [1.54, 1.807) is 25.1 Å². The van der Waals surface area contributed by atoms with E-state index in [9.17, 15) is 39.3 Å². The summed E-state index contributed by atoms with van der Waals surface area (Å²) < 4.78 is 11.9. The van der Waals surface area contributed by atoms with E-state index in [-0.39, 0.29) is 71.4 Å². The van der Waals surface area contributed by atoms with Crippen LogP contribution in [-0.2, 0) is 25.6 Å². The molecule has 65 heavy (non-hydrogen) atoms. The molecular weight excluding hydrogens is 839 g/mol. The number of nitrogens with one attached hydrogen (secondary N) is 3. The molecule has 1 aliphatic carbocycles. The van der Waals surface area contributed by atoms with Crippen LogP contribution < -0.4 is 42.6 Å². The van der Waals surface area contributed by atoms with Crippen molar-refractivity contribution in [1.82, 2.24) is 30.8 Å². The molecule has 6 rings (SSSR count). The van der Waals surface area contributed by atoms with Crippen molar-refractivity contribution < 1.29 is 48.8 Å². The number of aromatic hydroxyl groups is 1. The Kier molecular flexibility index (Phi) is 15.2. The third-order valence-electron chi connectivity index (χ3n) is 11.7. The van der Waals surface area contributed by atoms with Crippen LogP contribution >= 0.6 is 0 Å². The summed E-state index contributed by atoms with van der Waals surface area (Å²) in [6.45, 7) is 4.28. The number of amides is 4. The number of hydrogen-bond donors (Lipinski definition) is 9. The predicted octanol–water partition coefficient (Wildman–Crippen LogP) is 2.05. The molecule has 0 unspecified atom stereocenters. The van der Waals surface area contributed by atoms with Gasteiger partial charge in [-0.1, -0.05) is 36.8 Å². The zero-order valence-electron chi connectivity index (χ0n) is 36.8. The fraction of sp³-hybridized carbons (Fsp3) is 0.413. The first kappa shape index (κ1) is 47.6. The van der Waals surface area contributed by atoms with E-state index in [2.05, 4.69) is 25.9 Å². The highest BCUT2D eigenvalue weighted by Crippen LogP contribution is 2.45. The molecule has 1 aliphatic heterocycles. The van der Waals surface area contributed by atoms with E-state index in [0.29, 0.717) is 30.3 Å². The highest BCUT2D eigenvalue weighted by Gasteiger charge is 2.36. The zero-order valence-corrected chi connectivity index (χ0v) is 36.8. The number of nitrogens with two attached hydrogens (primary N) is 3. The number of nitrogen functional groups attached to an aromatic ring is 1. The first-order valence-corrected chi connectivity index (χ1v) is 21.5. The average molecular weight is 896 g/mol. The second-order valence-corrected chi connectivity index (χ2v) is 16.5. The lowest BCUT2D eigenvalue weighted by molar-refractivity contribution is -0.143. The Morgan fingerprint density at radius 2 is 1.68 bits per heavy atom. The van der Waals surface area contributed by atoms with Crippen LogP contribution in [0.25, 0.3) is 22.5 Å². The largest absolute Gasteiger partial charge is 0.504 e. The fourth-order valence-corrected chi connectivity index (χ4v) is 7.72. The first-order chi connectivity index (χ1) is 31.0. The third-order valence-corrected chi connectivity index (χ3v) is 11.7. The van der Waals surface area contributed by atoms with Gasteiger partial charge in [0.25, 0.3) is 5.91 Å². The summed E-state index contributed by atoms with van der Waals surface area (Å²) in [6.07, 6.45) is 2.64. The molecule has 2 aliphatic rings. The maximum absolute atomic E-state index is 14.5. The van der Waals surface area contributed by atoms with Crippen LogP contribution in [0.3, 0.4) is 0 Å². The van der Waals surface area contributed by atoms with Crippen molar-refractivity contribution in [1.29, 1.82) is 0 Å². The molecule has 0 radical (unpaired) electrons. The standard InChI is InChI=1S/C46H57N9O10/c1-23-37(40(49)54-41(50-23)29-12-10-28(11-13-29)27-7-5-8-27)43(59)52-25(3)45(61)55(4)38-30-19-33(39(57)36(20-30)65-22-31(56)21-48)32-17-26(9-14-35(32)64-16-6-15-47)18-34(46(62)63)53-42(58)24(2)51-44(38)60/h9-14,17,19-20,24-25,27,31,34,38,56-57H,5-8,15-16,18,21-22,47-48H2,1-4H3,(H,51,60)(H,52,59)(H,53,58)(H,62,63)(H2,49,50,54)/t24-,25-,31+,34-,38-/m0/s1. The van der Waals surface area contributed by atoms with Crippen molar-refractivity contribution in [2.75, 3.05) is 39.1 Å². The van der Waals surface area contributed by atoms with E-state index >= 15 is 0 Å². The van der Waals surface area contributed by atoms with Crippen LogP contribution in [0.5, 0.6) is 17.2 Å². The lowest BCUT2D eigenvalue weighted by Gasteiger charge is -2.32. The topological polar surface area (TPSA) is 308 Å². The van der Waals surface area contributed by atoms with Gasteiger partial charge in [-0.15, -0.1) is 0 Å². The molecule has 346 valence electrons. The minimum absolute atomic E-state index is 0.0475. The van der Waals surface area contributed by atoms with E-state index in [1.165, 1.54) is 45.0 Å². The van der Waals surface area contributed by atoms with Crippen molar-refractivity contribution in [3.63, 3.8) is 0 Å². The highest BCUT2D eigenvalue weighted by atomic mass is 16.5. The Hall–Kier alpha value is -6.83. The van der Waals surface area contributed by atoms with Gasteiger partial charge < -0.3 is 62.8 Å². The molecule has 0 spiro atoms. The van der Waals surface area contributed by atoms with Gasteiger partial charge in [0.05, 0.1) is 12.3 Å². The lowest BCUT2D eigenvalue weighted by atomic mass is 9.80. The molecule has 5 atom stereocenters. The summed E-state index contributed by atoms with van der Waals surface area (Å²) in [7, 11) is 1.31. The average Bonchev–Trinajstić information content (AvgIpc) is 3.25. The number of carboxylic acid groups (broad SMARTS) is 1. The van der Waals surface area contributed by atoms with Crippen LogP contribution in [0.4, 0.5) is 5.82 Å². The Labute approximate surface area is 376 Å². The number of ether oxygens (including phenoxy) is 2. The number of benzene rings is 3. The number of carbonyl (C=O) groups is 5. The molecule has 19 heteroatoms. The SMILES string of the molecule is Cc1nc(-c2ccc(C3CCC3)cc2)nc(N)c1C(=O)N[C@@H](C)C(=O)N(C)[C@@H]1C(=O)N[C@@H](C)C(=O)N[C@H](C(=O)O)Cc2ccc(OCCCN)c(c2)-c2cc1cc(OC[C@H](O)CN)c2O. The van der Waals surface area contributed by atoms with Crippen molar-refractivity contribution in [3.8, 4) is 39.8 Å². The fourth-order valence-electron chi connectivity index (χ4n) is 7.72. The Bertz CT molecular complexity index is 2400. The molecule has 12 N–H and O–H groups in total. The van der Waals surface area contributed by atoms with E-state index in [1.807, 2.05) is 24.3 Å². The molecule has 19 nitrogen and oxygen atoms in total. The van der Waals surface area contributed by atoms with Gasteiger partial charge in [0.1, 0.15) is 54.0 Å². The van der Waals surface area contributed by atoms with Gasteiger partial charge in [0, 0.05) is 36.7 Å². The van der Waals surface area contributed by atoms with Gasteiger partial charge in [-0.05, 0) is 93.5 Å². The number of hydrogen-bond acceptors (Lipinski definition) is 14. The van der Waals surface area contributed by atoms with Gasteiger partial charge in [-0.3, -0.25) is 19.2 Å².